The number of rotatable bonds is 5. The monoisotopic (exact) mass is 445 g/mol. The van der Waals surface area contributed by atoms with Gasteiger partial charge in [0.25, 0.3) is 5.91 Å². The lowest BCUT2D eigenvalue weighted by molar-refractivity contribution is -0.274. The van der Waals surface area contributed by atoms with Crippen LogP contribution >= 0.6 is 0 Å². The van der Waals surface area contributed by atoms with Crippen LogP contribution in [0.15, 0.2) is 46.3 Å². The lowest BCUT2D eigenvalue weighted by atomic mass is 10.1. The average Bonchev–Trinajstić information content (AvgIpc) is 2.67. The molecule has 0 spiro atoms. The van der Waals surface area contributed by atoms with Gasteiger partial charge < -0.3 is 20.5 Å². The van der Waals surface area contributed by atoms with Crippen molar-refractivity contribution in [3.05, 3.63) is 42.2 Å². The van der Waals surface area contributed by atoms with Gasteiger partial charge in [0.2, 0.25) is 9.84 Å². The van der Waals surface area contributed by atoms with Crippen LogP contribution in [0.5, 0.6) is 5.75 Å². The average molecular weight is 445 g/mol. The molecule has 1 amide bonds. The Kier molecular flexibility index (Phi) is 6.17. The van der Waals surface area contributed by atoms with E-state index in [1.807, 2.05) is 0 Å². The van der Waals surface area contributed by atoms with Crippen LogP contribution in [0.2, 0.25) is 0 Å². The molecule has 0 unspecified atom stereocenters. The SMILES string of the molecule is Nc1cc(S(=O)(=O)c2ccc(OC(F)(F)F)cc2)cnc1C(=O)N[C@@H]1CCCOC1. The van der Waals surface area contributed by atoms with E-state index in [1.54, 1.807) is 0 Å². The van der Waals surface area contributed by atoms with Crippen molar-refractivity contribution in [3.63, 3.8) is 0 Å². The molecule has 0 radical (unpaired) electrons. The minimum absolute atomic E-state index is 0.131. The molecule has 162 valence electrons. The Labute approximate surface area is 170 Å². The normalized spacial score (nSPS) is 17.4. The van der Waals surface area contributed by atoms with E-state index in [-0.39, 0.29) is 27.2 Å². The van der Waals surface area contributed by atoms with Crippen molar-refractivity contribution in [2.45, 2.75) is 35.0 Å². The zero-order valence-electron chi connectivity index (χ0n) is 15.5. The largest absolute Gasteiger partial charge is 0.573 e. The number of aromatic nitrogens is 1. The molecule has 0 saturated carbocycles. The number of alkyl halides is 3. The third-order valence-corrected chi connectivity index (χ3v) is 6.02. The standard InChI is InChI=1S/C18H18F3N3O5S/c19-18(20,21)29-12-3-5-13(6-4-12)30(26,27)14-8-15(22)16(23-9-14)17(25)24-11-2-1-7-28-10-11/h3-6,8-9,11H,1-2,7,10,22H2,(H,24,25)/t11-/m1/s1. The molecule has 0 aliphatic carbocycles. The number of nitrogen functional groups attached to an aromatic ring is 1. The van der Waals surface area contributed by atoms with Crippen molar-refractivity contribution in [2.75, 3.05) is 18.9 Å². The summed E-state index contributed by atoms with van der Waals surface area (Å²) in [4.78, 5) is 15.6. The van der Waals surface area contributed by atoms with Gasteiger partial charge in [-0.15, -0.1) is 13.2 Å². The number of ether oxygens (including phenoxy) is 2. The number of benzene rings is 1. The van der Waals surface area contributed by atoms with Crippen LogP contribution < -0.4 is 15.8 Å². The van der Waals surface area contributed by atoms with Gasteiger partial charge >= 0.3 is 6.36 Å². The van der Waals surface area contributed by atoms with E-state index in [0.29, 0.717) is 13.2 Å². The molecule has 1 fully saturated rings. The number of carbonyl (C=O) groups is 1. The predicted octanol–water partition coefficient (Wildman–Crippen LogP) is 2.30. The van der Waals surface area contributed by atoms with Gasteiger partial charge in [0, 0.05) is 12.8 Å². The Hall–Kier alpha value is -2.86. The molecular weight excluding hydrogens is 427 g/mol. The van der Waals surface area contributed by atoms with Crippen molar-refractivity contribution < 1.29 is 35.9 Å². The highest BCUT2D eigenvalue weighted by Gasteiger charge is 2.31. The van der Waals surface area contributed by atoms with Gasteiger partial charge in [-0.3, -0.25) is 4.79 Å². The first-order valence-corrected chi connectivity index (χ1v) is 10.3. The molecule has 12 heteroatoms. The minimum atomic E-state index is -4.89. The van der Waals surface area contributed by atoms with Crippen molar-refractivity contribution in [3.8, 4) is 5.75 Å². The number of halogens is 3. The van der Waals surface area contributed by atoms with Gasteiger partial charge in [0.05, 0.1) is 28.1 Å². The predicted molar refractivity (Wildman–Crippen MR) is 98.5 cm³/mol. The molecule has 1 aromatic carbocycles. The third kappa shape index (κ3) is 5.19. The van der Waals surface area contributed by atoms with E-state index in [9.17, 15) is 26.4 Å². The van der Waals surface area contributed by atoms with Crippen LogP contribution in [-0.2, 0) is 14.6 Å². The highest BCUT2D eigenvalue weighted by molar-refractivity contribution is 7.91. The summed E-state index contributed by atoms with van der Waals surface area (Å²) in [5, 5.41) is 2.73. The van der Waals surface area contributed by atoms with Crippen molar-refractivity contribution in [1.82, 2.24) is 10.3 Å². The maximum Gasteiger partial charge on any atom is 0.573 e. The first kappa shape index (κ1) is 21.8. The van der Waals surface area contributed by atoms with E-state index < -0.39 is 27.9 Å². The number of pyridine rings is 1. The molecule has 1 aromatic heterocycles. The Balaban J connectivity index is 1.78. The fourth-order valence-corrected chi connectivity index (χ4v) is 4.10. The van der Waals surface area contributed by atoms with Crippen molar-refractivity contribution in [1.29, 1.82) is 0 Å². The van der Waals surface area contributed by atoms with E-state index in [4.69, 9.17) is 10.5 Å². The summed E-state index contributed by atoms with van der Waals surface area (Å²) in [5.74, 6) is -1.11. The van der Waals surface area contributed by atoms with Crippen LogP contribution in [0.25, 0.3) is 0 Å². The van der Waals surface area contributed by atoms with Gasteiger partial charge in [-0.25, -0.2) is 13.4 Å². The second kappa shape index (κ2) is 8.48. The van der Waals surface area contributed by atoms with E-state index in [1.165, 1.54) is 0 Å². The van der Waals surface area contributed by atoms with Gasteiger partial charge in [0.1, 0.15) is 5.75 Å². The van der Waals surface area contributed by atoms with Crippen LogP contribution in [-0.4, -0.2) is 44.9 Å². The summed E-state index contributed by atoms with van der Waals surface area (Å²) >= 11 is 0. The maximum atomic E-state index is 12.7. The number of hydrogen-bond acceptors (Lipinski definition) is 7. The second-order valence-electron chi connectivity index (χ2n) is 6.52. The molecule has 1 aliphatic rings. The molecule has 8 nitrogen and oxygen atoms in total. The Morgan fingerprint density at radius 2 is 1.93 bits per heavy atom. The lowest BCUT2D eigenvalue weighted by Gasteiger charge is -2.23. The Bertz CT molecular complexity index is 1020. The zero-order chi connectivity index (χ0) is 21.9. The maximum absolute atomic E-state index is 12.7. The fourth-order valence-electron chi connectivity index (χ4n) is 2.86. The quantitative estimate of drug-likeness (QED) is 0.725. The summed E-state index contributed by atoms with van der Waals surface area (Å²) < 4.78 is 71.1. The van der Waals surface area contributed by atoms with Gasteiger partial charge in [0.15, 0.2) is 5.69 Å². The number of anilines is 1. The lowest BCUT2D eigenvalue weighted by Crippen LogP contribution is -2.41. The van der Waals surface area contributed by atoms with Crippen LogP contribution in [0, 0.1) is 0 Å². The molecular formula is C18H18F3N3O5S. The number of nitrogens with zero attached hydrogens (tertiary/aromatic N) is 1. The van der Waals surface area contributed by atoms with Crippen LogP contribution in [0.4, 0.5) is 18.9 Å². The summed E-state index contributed by atoms with van der Waals surface area (Å²) in [6, 6.07) is 4.59. The van der Waals surface area contributed by atoms with E-state index in [2.05, 4.69) is 15.0 Å². The number of sulfone groups is 1. The third-order valence-electron chi connectivity index (χ3n) is 4.28. The van der Waals surface area contributed by atoms with Crippen LogP contribution in [0.3, 0.4) is 0 Å². The van der Waals surface area contributed by atoms with Crippen molar-refractivity contribution >= 4 is 21.4 Å². The smallest absolute Gasteiger partial charge is 0.406 e. The molecule has 3 rings (SSSR count). The summed E-state index contributed by atoms with van der Waals surface area (Å²) in [6.45, 7) is 0.995. The highest BCUT2D eigenvalue weighted by atomic mass is 32.2. The molecule has 1 aliphatic heterocycles. The van der Waals surface area contributed by atoms with Gasteiger partial charge in [-0.2, -0.15) is 0 Å². The van der Waals surface area contributed by atoms with Gasteiger partial charge in [-0.05, 0) is 43.2 Å². The number of nitrogens with two attached hydrogens (primary N) is 1. The Morgan fingerprint density at radius 3 is 2.50 bits per heavy atom. The van der Waals surface area contributed by atoms with Crippen molar-refractivity contribution in [2.24, 2.45) is 0 Å². The summed E-state index contributed by atoms with van der Waals surface area (Å²) in [7, 11) is -4.12. The molecule has 1 saturated heterocycles. The first-order valence-electron chi connectivity index (χ1n) is 8.81. The molecule has 2 aromatic rings. The minimum Gasteiger partial charge on any atom is -0.406 e. The molecule has 2 heterocycles. The number of hydrogen-bond donors (Lipinski definition) is 2. The zero-order valence-corrected chi connectivity index (χ0v) is 16.3. The van der Waals surface area contributed by atoms with E-state index >= 15 is 0 Å². The molecule has 3 N–H and O–H groups in total. The summed E-state index contributed by atoms with van der Waals surface area (Å²) in [6.07, 6.45) is -2.37. The molecule has 1 atom stereocenters. The first-order chi connectivity index (χ1) is 14.1. The fraction of sp³-hybridized carbons (Fsp3) is 0.333. The van der Waals surface area contributed by atoms with Gasteiger partial charge in [-0.1, -0.05) is 0 Å². The topological polar surface area (TPSA) is 121 Å². The second-order valence-corrected chi connectivity index (χ2v) is 8.47. The molecule has 0 bridgehead atoms. The Morgan fingerprint density at radius 1 is 1.23 bits per heavy atom. The number of carbonyl (C=O) groups excluding carboxylic acids is 1. The highest BCUT2D eigenvalue weighted by Crippen LogP contribution is 2.27. The number of nitrogens with one attached hydrogen (secondary N) is 1. The van der Waals surface area contributed by atoms with E-state index in [0.717, 1.165) is 49.4 Å². The van der Waals surface area contributed by atoms with Crippen LogP contribution in [0.1, 0.15) is 23.3 Å². The molecule has 30 heavy (non-hydrogen) atoms. The number of amides is 1. The summed E-state index contributed by atoms with van der Waals surface area (Å²) in [5.41, 5.74) is 5.55.